The summed E-state index contributed by atoms with van der Waals surface area (Å²) in [5.41, 5.74) is 5.83. The number of amides is 1. The van der Waals surface area contributed by atoms with Crippen LogP contribution >= 0.6 is 0 Å². The summed E-state index contributed by atoms with van der Waals surface area (Å²) in [6, 6.07) is 15.7. The molecule has 1 aliphatic heterocycles. The number of aliphatic hydroxyl groups is 1. The number of carbonyl (C=O) groups is 2. The highest BCUT2D eigenvalue weighted by Gasteiger charge is 2.28. The lowest BCUT2D eigenvalue weighted by molar-refractivity contribution is -0.144. The zero-order valence-corrected chi connectivity index (χ0v) is 19.5. The molecule has 6 heteroatoms. The maximum atomic E-state index is 15.4. The van der Waals surface area contributed by atoms with Gasteiger partial charge in [0.2, 0.25) is 0 Å². The molecule has 1 amide bonds. The van der Waals surface area contributed by atoms with Gasteiger partial charge in [-0.1, -0.05) is 42.5 Å². The second kappa shape index (κ2) is 9.77. The van der Waals surface area contributed by atoms with Crippen molar-refractivity contribution in [2.24, 2.45) is 0 Å². The van der Waals surface area contributed by atoms with Crippen LogP contribution in [0.2, 0.25) is 0 Å². The van der Waals surface area contributed by atoms with Crippen molar-refractivity contribution in [2.45, 2.75) is 45.8 Å². The molecule has 4 rings (SSSR count). The average molecular weight is 462 g/mol. The third-order valence-corrected chi connectivity index (χ3v) is 6.21. The van der Waals surface area contributed by atoms with Crippen LogP contribution in [0, 0.1) is 19.7 Å². The van der Waals surface area contributed by atoms with Gasteiger partial charge in [0.15, 0.2) is 6.10 Å². The first-order valence-electron chi connectivity index (χ1n) is 11.4. The number of halogens is 1. The van der Waals surface area contributed by atoms with Crippen LogP contribution in [0.3, 0.4) is 0 Å². The van der Waals surface area contributed by atoms with Crippen LogP contribution < -0.4 is 5.32 Å². The Morgan fingerprint density at radius 1 is 1.12 bits per heavy atom. The van der Waals surface area contributed by atoms with Gasteiger partial charge in [-0.2, -0.15) is 0 Å². The average Bonchev–Trinajstić information content (AvgIpc) is 2.80. The van der Waals surface area contributed by atoms with E-state index < -0.39 is 29.8 Å². The van der Waals surface area contributed by atoms with Crippen LogP contribution in [0.1, 0.15) is 58.9 Å². The van der Waals surface area contributed by atoms with Crippen molar-refractivity contribution in [3.05, 3.63) is 93.8 Å². The molecule has 1 unspecified atom stereocenters. The third kappa shape index (κ3) is 4.73. The first kappa shape index (κ1) is 23.6. The van der Waals surface area contributed by atoms with Crippen LogP contribution in [0.4, 0.5) is 4.39 Å². The van der Waals surface area contributed by atoms with E-state index in [0.717, 1.165) is 27.8 Å². The topological polar surface area (TPSA) is 75.6 Å². The molecule has 0 aliphatic carbocycles. The summed E-state index contributed by atoms with van der Waals surface area (Å²) in [4.78, 5) is 25.4. The van der Waals surface area contributed by atoms with Crippen molar-refractivity contribution < 1.29 is 23.8 Å². The molecule has 0 saturated carbocycles. The van der Waals surface area contributed by atoms with Crippen molar-refractivity contribution in [2.75, 3.05) is 6.61 Å². The monoisotopic (exact) mass is 461 g/mol. The van der Waals surface area contributed by atoms with E-state index in [0.29, 0.717) is 17.5 Å². The summed E-state index contributed by atoms with van der Waals surface area (Å²) in [5.74, 6) is -1.77. The number of hydrogen-bond donors (Lipinski definition) is 2. The number of aliphatic hydroxyl groups excluding tert-OH is 1. The molecule has 1 aliphatic rings. The number of rotatable bonds is 3. The Labute approximate surface area is 198 Å². The van der Waals surface area contributed by atoms with E-state index in [4.69, 9.17) is 4.74 Å². The Kier molecular flexibility index (Phi) is 6.80. The third-order valence-electron chi connectivity index (χ3n) is 6.21. The van der Waals surface area contributed by atoms with Gasteiger partial charge in [0.05, 0.1) is 19.1 Å². The second-order valence-corrected chi connectivity index (χ2v) is 8.70. The van der Waals surface area contributed by atoms with Gasteiger partial charge in [-0.3, -0.25) is 9.59 Å². The minimum atomic E-state index is -1.46. The zero-order valence-electron chi connectivity index (χ0n) is 19.5. The van der Waals surface area contributed by atoms with Crippen LogP contribution in [0.25, 0.3) is 11.1 Å². The fraction of sp³-hybridized carbons (Fsp3) is 0.286. The Hall–Kier alpha value is -3.51. The van der Waals surface area contributed by atoms with E-state index in [1.807, 2.05) is 31.2 Å². The van der Waals surface area contributed by atoms with Gasteiger partial charge in [-0.05, 0) is 78.3 Å². The standard InChI is InChI=1S/C28H28FNO4/c1-4-34-24(31)15-23-22-14-21(11-17(3)26(22)29)25-16(2)7-5-9-19(25)12-18-8-6-10-20(13-18)27(32)28(33)30-23/h5-11,13-14,23,27,32H,4,12,15H2,1-3H3,(H,30,33)/t23-,27?/m0/s1. The van der Waals surface area contributed by atoms with E-state index >= 15 is 4.39 Å². The summed E-state index contributed by atoms with van der Waals surface area (Å²) >= 11 is 0. The summed E-state index contributed by atoms with van der Waals surface area (Å²) in [5, 5.41) is 13.5. The van der Waals surface area contributed by atoms with Crippen molar-refractivity contribution in [3.8, 4) is 11.1 Å². The maximum Gasteiger partial charge on any atom is 0.308 e. The fourth-order valence-corrected chi connectivity index (χ4v) is 4.60. The highest BCUT2D eigenvalue weighted by molar-refractivity contribution is 5.83. The molecular formula is C28H28FNO4. The molecule has 3 aromatic carbocycles. The van der Waals surface area contributed by atoms with Crippen molar-refractivity contribution in [1.82, 2.24) is 5.32 Å². The molecule has 34 heavy (non-hydrogen) atoms. The summed E-state index contributed by atoms with van der Waals surface area (Å²) in [6.07, 6.45) is -1.14. The number of ether oxygens (including phenoxy) is 1. The van der Waals surface area contributed by atoms with E-state index in [2.05, 4.69) is 5.32 Å². The Morgan fingerprint density at radius 2 is 1.88 bits per heavy atom. The molecule has 0 spiro atoms. The van der Waals surface area contributed by atoms with E-state index in [1.165, 1.54) is 0 Å². The number of fused-ring (bicyclic) bond motifs is 6. The van der Waals surface area contributed by atoms with Crippen LogP contribution in [0.15, 0.2) is 54.6 Å². The van der Waals surface area contributed by atoms with Gasteiger partial charge < -0.3 is 15.2 Å². The fourth-order valence-electron chi connectivity index (χ4n) is 4.60. The van der Waals surface area contributed by atoms with Crippen molar-refractivity contribution >= 4 is 11.9 Å². The highest BCUT2D eigenvalue weighted by atomic mass is 19.1. The lowest BCUT2D eigenvalue weighted by Crippen LogP contribution is -2.35. The molecule has 0 saturated heterocycles. The molecule has 4 bridgehead atoms. The van der Waals surface area contributed by atoms with Gasteiger partial charge in [-0.15, -0.1) is 0 Å². The van der Waals surface area contributed by atoms with Crippen molar-refractivity contribution in [1.29, 1.82) is 0 Å². The van der Waals surface area contributed by atoms with Crippen molar-refractivity contribution in [3.63, 3.8) is 0 Å². The largest absolute Gasteiger partial charge is 0.466 e. The maximum absolute atomic E-state index is 15.4. The van der Waals surface area contributed by atoms with Gasteiger partial charge in [0.25, 0.3) is 5.91 Å². The zero-order chi connectivity index (χ0) is 24.4. The summed E-state index contributed by atoms with van der Waals surface area (Å²) < 4.78 is 20.5. The number of esters is 1. The molecule has 5 nitrogen and oxygen atoms in total. The molecule has 176 valence electrons. The van der Waals surface area contributed by atoms with E-state index in [-0.39, 0.29) is 18.6 Å². The Morgan fingerprint density at radius 3 is 2.65 bits per heavy atom. The predicted octanol–water partition coefficient (Wildman–Crippen LogP) is 4.86. The number of hydrogen-bond acceptors (Lipinski definition) is 4. The molecule has 2 N–H and O–H groups in total. The Bertz CT molecular complexity index is 1250. The lowest BCUT2D eigenvalue weighted by Gasteiger charge is -2.23. The second-order valence-electron chi connectivity index (χ2n) is 8.70. The summed E-state index contributed by atoms with van der Waals surface area (Å²) in [7, 11) is 0. The molecule has 0 aromatic heterocycles. The lowest BCUT2D eigenvalue weighted by atomic mass is 9.88. The Balaban J connectivity index is 1.96. The van der Waals surface area contributed by atoms with E-state index in [9.17, 15) is 14.7 Å². The number of carbonyl (C=O) groups excluding carboxylic acids is 2. The normalized spacial score (nSPS) is 17.5. The van der Waals surface area contributed by atoms with Crippen LogP contribution in [-0.2, 0) is 20.7 Å². The summed E-state index contributed by atoms with van der Waals surface area (Å²) in [6.45, 7) is 5.53. The van der Waals surface area contributed by atoms with E-state index in [1.54, 1.807) is 44.2 Å². The minimum absolute atomic E-state index is 0.170. The minimum Gasteiger partial charge on any atom is -0.466 e. The number of nitrogens with one attached hydrogen (secondary N) is 1. The van der Waals surface area contributed by atoms with Crippen LogP contribution in [-0.4, -0.2) is 23.6 Å². The smallest absolute Gasteiger partial charge is 0.308 e. The van der Waals surface area contributed by atoms with Gasteiger partial charge in [-0.25, -0.2) is 4.39 Å². The van der Waals surface area contributed by atoms with Gasteiger partial charge in [0, 0.05) is 5.56 Å². The van der Waals surface area contributed by atoms with Crippen LogP contribution in [0.5, 0.6) is 0 Å². The first-order chi connectivity index (χ1) is 16.3. The number of benzene rings is 3. The molecular weight excluding hydrogens is 433 g/mol. The quantitative estimate of drug-likeness (QED) is 0.547. The molecule has 0 radical (unpaired) electrons. The van der Waals surface area contributed by atoms with Gasteiger partial charge in [0.1, 0.15) is 5.82 Å². The molecule has 0 fully saturated rings. The molecule has 1 heterocycles. The molecule has 3 aromatic rings. The SMILES string of the molecule is CCOC(=O)C[C@@H]1NC(=O)C(O)c2cccc(c2)Cc2cccc(C)c2-c2cc(C)c(F)c1c2. The number of aryl methyl sites for hydroxylation is 2. The first-order valence-corrected chi connectivity index (χ1v) is 11.4. The molecule has 2 atom stereocenters. The highest BCUT2D eigenvalue weighted by Crippen LogP contribution is 2.35. The van der Waals surface area contributed by atoms with Gasteiger partial charge >= 0.3 is 5.97 Å². The predicted molar refractivity (Wildman–Crippen MR) is 128 cm³/mol.